The van der Waals surface area contributed by atoms with E-state index in [9.17, 15) is 0 Å². The highest BCUT2D eigenvalue weighted by molar-refractivity contribution is 6.30. The molecule has 0 aliphatic rings. The molecule has 17 heavy (non-hydrogen) atoms. The number of nitrogens with one attached hydrogen (secondary N) is 1. The van der Waals surface area contributed by atoms with Crippen LogP contribution in [0.5, 0.6) is 0 Å². The van der Waals surface area contributed by atoms with E-state index < -0.39 is 0 Å². The standard InChI is InChI=1S/C14H17ClN2/c1-4-10-6-5-7-11-8-12(9(2)16-3)14(15)17-13(10)11/h5-9,16H,4H2,1-3H3/t9-/m1/s1. The number of pyridine rings is 1. The minimum absolute atomic E-state index is 0.213. The van der Waals surface area contributed by atoms with E-state index in [0.717, 1.165) is 22.9 Å². The molecule has 0 bridgehead atoms. The van der Waals surface area contributed by atoms with Crippen LogP contribution in [-0.4, -0.2) is 12.0 Å². The van der Waals surface area contributed by atoms with Gasteiger partial charge < -0.3 is 5.32 Å². The number of aromatic nitrogens is 1. The van der Waals surface area contributed by atoms with Gasteiger partial charge in [0.25, 0.3) is 0 Å². The lowest BCUT2D eigenvalue weighted by molar-refractivity contribution is 0.651. The summed E-state index contributed by atoms with van der Waals surface area (Å²) in [5, 5.41) is 4.95. The second kappa shape index (κ2) is 5.03. The first-order valence-corrected chi connectivity index (χ1v) is 6.30. The lowest BCUT2D eigenvalue weighted by atomic mass is 10.0. The number of rotatable bonds is 3. The predicted octanol–water partition coefficient (Wildman–Crippen LogP) is 3.73. The van der Waals surface area contributed by atoms with Crippen molar-refractivity contribution < 1.29 is 0 Å². The van der Waals surface area contributed by atoms with Gasteiger partial charge in [-0.2, -0.15) is 0 Å². The summed E-state index contributed by atoms with van der Waals surface area (Å²) in [7, 11) is 1.92. The Bertz CT molecular complexity index is 537. The minimum atomic E-state index is 0.213. The average molecular weight is 249 g/mol. The van der Waals surface area contributed by atoms with Gasteiger partial charge in [0.1, 0.15) is 5.15 Å². The lowest BCUT2D eigenvalue weighted by Crippen LogP contribution is -2.13. The molecule has 1 aromatic carbocycles. The third-order valence-corrected chi connectivity index (χ3v) is 3.49. The molecule has 0 unspecified atom stereocenters. The number of para-hydroxylation sites is 1. The van der Waals surface area contributed by atoms with Gasteiger partial charge in [0.15, 0.2) is 0 Å². The molecule has 2 aromatic rings. The van der Waals surface area contributed by atoms with Crippen LogP contribution in [0.15, 0.2) is 24.3 Å². The Balaban J connectivity index is 2.66. The summed E-state index contributed by atoms with van der Waals surface area (Å²) in [5.41, 5.74) is 3.31. The van der Waals surface area contributed by atoms with Crippen LogP contribution < -0.4 is 5.32 Å². The maximum Gasteiger partial charge on any atom is 0.134 e. The van der Waals surface area contributed by atoms with Crippen LogP contribution in [0.4, 0.5) is 0 Å². The maximum absolute atomic E-state index is 6.25. The molecule has 2 rings (SSSR count). The van der Waals surface area contributed by atoms with Crippen LogP contribution in [0, 0.1) is 0 Å². The molecule has 1 aromatic heterocycles. The van der Waals surface area contributed by atoms with Gasteiger partial charge >= 0.3 is 0 Å². The molecule has 0 aliphatic carbocycles. The number of aryl methyl sites for hydroxylation is 1. The molecule has 1 N–H and O–H groups in total. The second-order valence-corrected chi connectivity index (χ2v) is 4.58. The van der Waals surface area contributed by atoms with E-state index in [1.54, 1.807) is 0 Å². The van der Waals surface area contributed by atoms with Gasteiger partial charge in [-0.3, -0.25) is 0 Å². The van der Waals surface area contributed by atoms with Crippen LogP contribution >= 0.6 is 11.6 Å². The molecule has 0 fully saturated rings. The van der Waals surface area contributed by atoms with Gasteiger partial charge in [0, 0.05) is 17.0 Å². The van der Waals surface area contributed by atoms with Crippen molar-refractivity contribution in [3.63, 3.8) is 0 Å². The first-order chi connectivity index (χ1) is 8.17. The molecule has 90 valence electrons. The van der Waals surface area contributed by atoms with E-state index in [1.807, 2.05) is 7.05 Å². The summed E-state index contributed by atoms with van der Waals surface area (Å²) in [6, 6.07) is 8.61. The van der Waals surface area contributed by atoms with Crippen LogP contribution in [0.2, 0.25) is 5.15 Å². The molecule has 1 atom stereocenters. The normalized spacial score (nSPS) is 12.9. The van der Waals surface area contributed by atoms with E-state index in [1.165, 1.54) is 5.56 Å². The Morgan fingerprint density at radius 2 is 2.18 bits per heavy atom. The second-order valence-electron chi connectivity index (χ2n) is 4.22. The Kier molecular flexibility index (Phi) is 3.65. The first kappa shape index (κ1) is 12.3. The fraction of sp³-hybridized carbons (Fsp3) is 0.357. The van der Waals surface area contributed by atoms with Crippen molar-refractivity contribution in [3.8, 4) is 0 Å². The number of benzene rings is 1. The number of hydrogen-bond donors (Lipinski definition) is 1. The molecule has 0 spiro atoms. The average Bonchev–Trinajstić information content (AvgIpc) is 2.36. The van der Waals surface area contributed by atoms with E-state index in [-0.39, 0.29) is 6.04 Å². The maximum atomic E-state index is 6.25. The molecule has 0 aliphatic heterocycles. The first-order valence-electron chi connectivity index (χ1n) is 5.92. The highest BCUT2D eigenvalue weighted by Gasteiger charge is 2.11. The van der Waals surface area contributed by atoms with Crippen molar-refractivity contribution in [2.75, 3.05) is 7.05 Å². The molecular formula is C14H17ClN2. The zero-order chi connectivity index (χ0) is 12.4. The van der Waals surface area contributed by atoms with E-state index in [4.69, 9.17) is 11.6 Å². The zero-order valence-corrected chi connectivity index (χ0v) is 11.2. The van der Waals surface area contributed by atoms with E-state index >= 15 is 0 Å². The molecule has 2 nitrogen and oxygen atoms in total. The van der Waals surface area contributed by atoms with Crippen molar-refractivity contribution >= 4 is 22.5 Å². The van der Waals surface area contributed by atoms with Crippen molar-refractivity contribution in [1.82, 2.24) is 10.3 Å². The monoisotopic (exact) mass is 248 g/mol. The predicted molar refractivity (Wildman–Crippen MR) is 73.6 cm³/mol. The van der Waals surface area contributed by atoms with Crippen molar-refractivity contribution in [2.45, 2.75) is 26.3 Å². The minimum Gasteiger partial charge on any atom is -0.313 e. The van der Waals surface area contributed by atoms with Crippen molar-refractivity contribution in [3.05, 3.63) is 40.5 Å². The Morgan fingerprint density at radius 1 is 1.41 bits per heavy atom. The summed E-state index contributed by atoms with van der Waals surface area (Å²) in [6.07, 6.45) is 0.974. The van der Waals surface area contributed by atoms with Crippen molar-refractivity contribution in [1.29, 1.82) is 0 Å². The fourth-order valence-electron chi connectivity index (χ4n) is 2.00. The van der Waals surface area contributed by atoms with Crippen LogP contribution in [-0.2, 0) is 6.42 Å². The Hall–Kier alpha value is -1.12. The Labute approximate surface area is 107 Å². The molecule has 1 heterocycles. The summed E-state index contributed by atoms with van der Waals surface area (Å²) < 4.78 is 0. The molecule has 0 radical (unpaired) electrons. The fourth-order valence-corrected chi connectivity index (χ4v) is 2.30. The largest absolute Gasteiger partial charge is 0.313 e. The Morgan fingerprint density at radius 3 is 2.82 bits per heavy atom. The zero-order valence-electron chi connectivity index (χ0n) is 10.4. The number of halogens is 1. The van der Waals surface area contributed by atoms with Gasteiger partial charge in [0.05, 0.1) is 5.52 Å². The van der Waals surface area contributed by atoms with Gasteiger partial charge in [0.2, 0.25) is 0 Å². The van der Waals surface area contributed by atoms with Crippen LogP contribution in [0.1, 0.15) is 31.0 Å². The van der Waals surface area contributed by atoms with Gasteiger partial charge in [-0.1, -0.05) is 36.7 Å². The molecular weight excluding hydrogens is 232 g/mol. The molecule has 3 heteroatoms. The van der Waals surface area contributed by atoms with Gasteiger partial charge in [-0.15, -0.1) is 0 Å². The van der Waals surface area contributed by atoms with Crippen LogP contribution in [0.3, 0.4) is 0 Å². The topological polar surface area (TPSA) is 24.9 Å². The van der Waals surface area contributed by atoms with Gasteiger partial charge in [-0.25, -0.2) is 4.98 Å². The third kappa shape index (κ3) is 2.28. The van der Waals surface area contributed by atoms with E-state index in [0.29, 0.717) is 5.15 Å². The number of fused-ring (bicyclic) bond motifs is 1. The number of nitrogens with zero attached hydrogens (tertiary/aromatic N) is 1. The SMILES string of the molecule is CCc1cccc2cc([C@@H](C)NC)c(Cl)nc12. The quantitative estimate of drug-likeness (QED) is 0.838. The number of hydrogen-bond acceptors (Lipinski definition) is 2. The lowest BCUT2D eigenvalue weighted by Gasteiger charge is -2.14. The summed E-state index contributed by atoms with van der Waals surface area (Å²) in [5.74, 6) is 0. The van der Waals surface area contributed by atoms with Gasteiger partial charge in [-0.05, 0) is 32.0 Å². The highest BCUT2D eigenvalue weighted by Crippen LogP contribution is 2.27. The highest BCUT2D eigenvalue weighted by atomic mass is 35.5. The van der Waals surface area contributed by atoms with Crippen LogP contribution in [0.25, 0.3) is 10.9 Å². The van der Waals surface area contributed by atoms with Crippen molar-refractivity contribution in [2.24, 2.45) is 0 Å². The molecule has 0 saturated carbocycles. The summed E-state index contributed by atoms with van der Waals surface area (Å²) >= 11 is 6.25. The molecule has 0 saturated heterocycles. The summed E-state index contributed by atoms with van der Waals surface area (Å²) in [4.78, 5) is 4.54. The summed E-state index contributed by atoms with van der Waals surface area (Å²) in [6.45, 7) is 4.22. The third-order valence-electron chi connectivity index (χ3n) is 3.19. The van der Waals surface area contributed by atoms with E-state index in [2.05, 4.69) is 48.4 Å². The smallest absolute Gasteiger partial charge is 0.134 e. The molecule has 0 amide bonds.